The topological polar surface area (TPSA) is 22.1 Å². The summed E-state index contributed by atoms with van der Waals surface area (Å²) in [6, 6.07) is 4.17. The first kappa shape index (κ1) is 22.6. The molecule has 0 aromatic carbocycles. The van der Waals surface area contributed by atoms with Gasteiger partial charge in [0.05, 0.1) is 13.3 Å². The number of ether oxygens (including phenoxy) is 1. The Morgan fingerprint density at radius 2 is 1.31 bits per heavy atom. The summed E-state index contributed by atoms with van der Waals surface area (Å²) in [6.07, 6.45) is 25.1. The van der Waals surface area contributed by atoms with Gasteiger partial charge in [0.1, 0.15) is 5.75 Å². The SMILES string of the molecule is CCCCC[C@H]1CC[C@H](CC[C@H]2CC[C@H](CCc3ccc(OC)cn3)CC2)CC1. The maximum absolute atomic E-state index is 5.20. The van der Waals surface area contributed by atoms with Crippen molar-refractivity contribution in [2.45, 2.75) is 110 Å². The van der Waals surface area contributed by atoms with Gasteiger partial charge in [0, 0.05) is 5.69 Å². The molecule has 2 saturated carbocycles. The third-order valence-electron chi connectivity index (χ3n) is 7.97. The zero-order valence-corrected chi connectivity index (χ0v) is 19.2. The second-order valence-corrected chi connectivity index (χ2v) is 10.1. The van der Waals surface area contributed by atoms with Gasteiger partial charge in [0.15, 0.2) is 0 Å². The van der Waals surface area contributed by atoms with Gasteiger partial charge in [0.25, 0.3) is 0 Å². The summed E-state index contributed by atoms with van der Waals surface area (Å²) in [5.74, 6) is 4.92. The van der Waals surface area contributed by atoms with Crippen molar-refractivity contribution in [2.24, 2.45) is 23.7 Å². The molecule has 29 heavy (non-hydrogen) atoms. The van der Waals surface area contributed by atoms with Gasteiger partial charge in [-0.15, -0.1) is 0 Å². The Morgan fingerprint density at radius 1 is 0.759 bits per heavy atom. The van der Waals surface area contributed by atoms with Crippen molar-refractivity contribution in [3.8, 4) is 5.75 Å². The molecule has 2 nitrogen and oxygen atoms in total. The van der Waals surface area contributed by atoms with Crippen LogP contribution in [-0.4, -0.2) is 12.1 Å². The van der Waals surface area contributed by atoms with Crippen molar-refractivity contribution in [1.82, 2.24) is 4.98 Å². The van der Waals surface area contributed by atoms with Gasteiger partial charge in [-0.25, -0.2) is 0 Å². The highest BCUT2D eigenvalue weighted by atomic mass is 16.5. The Labute approximate surface area is 180 Å². The molecule has 0 N–H and O–H groups in total. The van der Waals surface area contributed by atoms with Crippen LogP contribution in [0.4, 0.5) is 0 Å². The van der Waals surface area contributed by atoms with Crippen LogP contribution in [0.1, 0.15) is 109 Å². The number of methoxy groups -OCH3 is 1. The maximum atomic E-state index is 5.20. The first-order valence-corrected chi connectivity index (χ1v) is 12.8. The van der Waals surface area contributed by atoms with E-state index in [0.717, 1.165) is 35.8 Å². The Hall–Kier alpha value is -1.05. The quantitative estimate of drug-likeness (QED) is 0.352. The van der Waals surface area contributed by atoms with Crippen LogP contribution in [0.25, 0.3) is 0 Å². The predicted octanol–water partition coefficient (Wildman–Crippen LogP) is 8.00. The fourth-order valence-corrected chi connectivity index (χ4v) is 5.80. The molecule has 2 fully saturated rings. The molecule has 2 aliphatic carbocycles. The second-order valence-electron chi connectivity index (χ2n) is 10.1. The highest BCUT2D eigenvalue weighted by molar-refractivity contribution is 5.19. The number of rotatable bonds is 11. The number of unbranched alkanes of at least 4 members (excludes halogenated alkanes) is 2. The molecule has 0 bridgehead atoms. The van der Waals surface area contributed by atoms with Crippen molar-refractivity contribution < 1.29 is 4.74 Å². The molecule has 1 aromatic heterocycles. The molecule has 0 unspecified atom stereocenters. The molecule has 2 heteroatoms. The van der Waals surface area contributed by atoms with Gasteiger partial charge in [-0.05, 0) is 48.6 Å². The molecular weight excluding hydrogens is 354 g/mol. The van der Waals surface area contributed by atoms with Gasteiger partial charge < -0.3 is 4.74 Å². The highest BCUT2D eigenvalue weighted by Gasteiger charge is 2.24. The summed E-state index contributed by atoms with van der Waals surface area (Å²) in [4.78, 5) is 4.53. The predicted molar refractivity (Wildman–Crippen MR) is 123 cm³/mol. The monoisotopic (exact) mass is 399 g/mol. The van der Waals surface area contributed by atoms with Crippen molar-refractivity contribution in [3.63, 3.8) is 0 Å². The summed E-state index contributed by atoms with van der Waals surface area (Å²) >= 11 is 0. The minimum absolute atomic E-state index is 0.860. The summed E-state index contributed by atoms with van der Waals surface area (Å²) in [5.41, 5.74) is 1.22. The lowest BCUT2D eigenvalue weighted by Gasteiger charge is -2.32. The maximum Gasteiger partial charge on any atom is 0.137 e. The Balaban J connectivity index is 1.24. The fourth-order valence-electron chi connectivity index (χ4n) is 5.80. The minimum atomic E-state index is 0.860. The van der Waals surface area contributed by atoms with Crippen molar-refractivity contribution >= 4 is 0 Å². The summed E-state index contributed by atoms with van der Waals surface area (Å²) in [6.45, 7) is 2.32. The molecule has 0 saturated heterocycles. The van der Waals surface area contributed by atoms with E-state index in [0.29, 0.717) is 0 Å². The Kier molecular flexibility index (Phi) is 9.83. The van der Waals surface area contributed by atoms with Gasteiger partial charge in [-0.3, -0.25) is 4.98 Å². The zero-order chi connectivity index (χ0) is 20.3. The average molecular weight is 400 g/mol. The van der Waals surface area contributed by atoms with E-state index in [1.807, 2.05) is 12.3 Å². The highest BCUT2D eigenvalue weighted by Crippen LogP contribution is 2.38. The largest absolute Gasteiger partial charge is 0.495 e. The van der Waals surface area contributed by atoms with E-state index >= 15 is 0 Å². The standard InChI is InChI=1S/C27H45NO/c1-3-4-5-6-22-7-9-23(10-8-22)11-12-24-13-15-25(16-14-24)17-18-26-19-20-27(29-2)21-28-26/h19-25H,3-18H2,1-2H3/t22-,23-,24-,25-. The van der Waals surface area contributed by atoms with Crippen LogP contribution in [-0.2, 0) is 6.42 Å². The molecular formula is C27H45NO. The third kappa shape index (κ3) is 7.95. The van der Waals surface area contributed by atoms with Crippen LogP contribution in [0.2, 0.25) is 0 Å². The molecule has 1 aromatic rings. The molecule has 1 heterocycles. The summed E-state index contributed by atoms with van der Waals surface area (Å²) in [7, 11) is 1.70. The smallest absolute Gasteiger partial charge is 0.137 e. The van der Waals surface area contributed by atoms with E-state index < -0.39 is 0 Å². The Morgan fingerprint density at radius 3 is 1.79 bits per heavy atom. The van der Waals surface area contributed by atoms with E-state index in [2.05, 4.69) is 18.0 Å². The van der Waals surface area contributed by atoms with Crippen LogP contribution in [0.3, 0.4) is 0 Å². The van der Waals surface area contributed by atoms with Crippen molar-refractivity contribution in [3.05, 3.63) is 24.0 Å². The van der Waals surface area contributed by atoms with E-state index in [-0.39, 0.29) is 0 Å². The van der Waals surface area contributed by atoms with Crippen LogP contribution in [0.5, 0.6) is 5.75 Å². The second kappa shape index (κ2) is 12.6. The molecule has 0 amide bonds. The number of aromatic nitrogens is 1. The normalized spacial score (nSPS) is 27.7. The van der Waals surface area contributed by atoms with E-state index in [4.69, 9.17) is 4.74 Å². The number of hydrogen-bond acceptors (Lipinski definition) is 2. The van der Waals surface area contributed by atoms with Crippen molar-refractivity contribution in [1.29, 1.82) is 0 Å². The number of nitrogens with zero attached hydrogens (tertiary/aromatic N) is 1. The molecule has 2 aliphatic rings. The van der Waals surface area contributed by atoms with Crippen LogP contribution in [0, 0.1) is 23.7 Å². The lowest BCUT2D eigenvalue weighted by Crippen LogP contribution is -2.18. The molecule has 0 radical (unpaired) electrons. The molecule has 3 rings (SSSR count). The first-order valence-electron chi connectivity index (χ1n) is 12.8. The van der Waals surface area contributed by atoms with Crippen molar-refractivity contribution in [2.75, 3.05) is 7.11 Å². The summed E-state index contributed by atoms with van der Waals surface area (Å²) < 4.78 is 5.20. The fraction of sp³-hybridized carbons (Fsp3) is 0.815. The van der Waals surface area contributed by atoms with E-state index in [1.165, 1.54) is 102 Å². The lowest BCUT2D eigenvalue weighted by atomic mass is 9.74. The van der Waals surface area contributed by atoms with Gasteiger partial charge in [-0.2, -0.15) is 0 Å². The van der Waals surface area contributed by atoms with Crippen LogP contribution >= 0.6 is 0 Å². The number of hydrogen-bond donors (Lipinski definition) is 0. The minimum Gasteiger partial charge on any atom is -0.495 e. The first-order chi connectivity index (χ1) is 14.3. The number of pyridine rings is 1. The van der Waals surface area contributed by atoms with E-state index in [1.54, 1.807) is 7.11 Å². The molecule has 0 atom stereocenters. The van der Waals surface area contributed by atoms with Crippen LogP contribution < -0.4 is 4.74 Å². The third-order valence-corrected chi connectivity index (χ3v) is 7.97. The molecule has 164 valence electrons. The zero-order valence-electron chi connectivity index (χ0n) is 19.2. The molecule has 0 spiro atoms. The Bertz CT molecular complexity index is 538. The van der Waals surface area contributed by atoms with E-state index in [9.17, 15) is 0 Å². The lowest BCUT2D eigenvalue weighted by molar-refractivity contribution is 0.208. The summed E-state index contributed by atoms with van der Waals surface area (Å²) in [5, 5.41) is 0. The average Bonchev–Trinajstić information content (AvgIpc) is 2.78. The van der Waals surface area contributed by atoms with Gasteiger partial charge >= 0.3 is 0 Å². The molecule has 0 aliphatic heterocycles. The van der Waals surface area contributed by atoms with Gasteiger partial charge in [-0.1, -0.05) is 96.8 Å². The van der Waals surface area contributed by atoms with Gasteiger partial charge in [0.2, 0.25) is 0 Å². The number of aryl methyl sites for hydroxylation is 1. The van der Waals surface area contributed by atoms with Crippen LogP contribution in [0.15, 0.2) is 18.3 Å².